The molecule has 6 heteroatoms. The molecule has 3 aliphatic heterocycles. The zero-order chi connectivity index (χ0) is 16.1. The maximum absolute atomic E-state index is 6.28. The number of rotatable bonds is 2. The van der Waals surface area contributed by atoms with E-state index in [1.807, 2.05) is 11.6 Å². The summed E-state index contributed by atoms with van der Waals surface area (Å²) in [5.41, 5.74) is 4.02. The average Bonchev–Trinajstić information content (AvgIpc) is 3.19. The molecular formula is C18H20N4OS. The summed E-state index contributed by atoms with van der Waals surface area (Å²) in [5.74, 6) is 0.693. The minimum absolute atomic E-state index is 0.554. The fourth-order valence-corrected chi connectivity index (χ4v) is 4.54. The summed E-state index contributed by atoms with van der Waals surface area (Å²) in [4.78, 5) is 11.6. The monoisotopic (exact) mass is 340 g/mol. The second-order valence-electron chi connectivity index (χ2n) is 6.89. The Balaban J connectivity index is 1.60. The summed E-state index contributed by atoms with van der Waals surface area (Å²) in [5, 5.41) is 6.62. The Bertz CT molecular complexity index is 851. The number of oxazole rings is 1. The van der Waals surface area contributed by atoms with Gasteiger partial charge in [0.15, 0.2) is 5.58 Å². The summed E-state index contributed by atoms with van der Waals surface area (Å²) < 4.78 is 6.28. The van der Waals surface area contributed by atoms with Crippen molar-refractivity contribution in [3.8, 4) is 10.6 Å². The lowest BCUT2D eigenvalue weighted by atomic mass is 9.97. The normalized spacial score (nSPS) is 23.8. The van der Waals surface area contributed by atoms with Crippen LogP contribution in [0.5, 0.6) is 0 Å². The second-order valence-corrected chi connectivity index (χ2v) is 7.79. The molecule has 0 amide bonds. The molecule has 2 atom stereocenters. The average molecular weight is 340 g/mol. The molecular weight excluding hydrogens is 320 g/mol. The molecule has 2 aromatic heterocycles. The molecule has 0 radical (unpaired) electrons. The molecule has 24 heavy (non-hydrogen) atoms. The molecule has 3 aliphatic rings. The van der Waals surface area contributed by atoms with Crippen LogP contribution in [0.15, 0.2) is 28.1 Å². The van der Waals surface area contributed by atoms with Crippen LogP contribution in [0.1, 0.15) is 18.4 Å². The number of hydrogen-bond acceptors (Lipinski definition) is 6. The van der Waals surface area contributed by atoms with Crippen molar-refractivity contribution < 1.29 is 4.42 Å². The molecule has 6 rings (SSSR count). The number of anilines is 1. The Kier molecular flexibility index (Phi) is 3.35. The maximum Gasteiger partial charge on any atom is 0.298 e. The van der Waals surface area contributed by atoms with Gasteiger partial charge in [-0.1, -0.05) is 6.07 Å². The van der Waals surface area contributed by atoms with Crippen molar-refractivity contribution in [3.05, 3.63) is 29.3 Å². The van der Waals surface area contributed by atoms with Gasteiger partial charge in [0.1, 0.15) is 10.5 Å². The number of aryl methyl sites for hydroxylation is 1. The van der Waals surface area contributed by atoms with E-state index < -0.39 is 0 Å². The molecule has 3 fully saturated rings. The van der Waals surface area contributed by atoms with E-state index in [0.29, 0.717) is 12.0 Å². The first-order chi connectivity index (χ1) is 11.8. The van der Waals surface area contributed by atoms with Gasteiger partial charge in [0.05, 0.1) is 5.56 Å². The highest BCUT2D eigenvalue weighted by atomic mass is 32.1. The first-order valence-corrected chi connectivity index (χ1v) is 9.44. The van der Waals surface area contributed by atoms with Crippen LogP contribution in [0.25, 0.3) is 21.7 Å². The SMILES string of the molecule is Cc1ccc(-c2nccs2)c2oc(N3CC4CCC(C3)NC4)nc12. The largest absolute Gasteiger partial charge is 0.423 e. The third-order valence-electron chi connectivity index (χ3n) is 5.21. The molecule has 5 nitrogen and oxygen atoms in total. The zero-order valence-corrected chi connectivity index (χ0v) is 14.5. The number of hydrogen-bond donors (Lipinski definition) is 1. The predicted octanol–water partition coefficient (Wildman–Crippen LogP) is 3.45. The van der Waals surface area contributed by atoms with E-state index >= 15 is 0 Å². The summed E-state index contributed by atoms with van der Waals surface area (Å²) in [6, 6.07) is 5.52. The minimum Gasteiger partial charge on any atom is -0.423 e. The number of fused-ring (bicyclic) bond motifs is 5. The fraction of sp³-hybridized carbons (Fsp3) is 0.444. The molecule has 3 aromatic rings. The van der Waals surface area contributed by atoms with E-state index in [1.165, 1.54) is 12.8 Å². The van der Waals surface area contributed by atoms with Gasteiger partial charge in [-0.3, -0.25) is 0 Å². The lowest BCUT2D eigenvalue weighted by Gasteiger charge is -2.22. The third kappa shape index (κ3) is 2.32. The van der Waals surface area contributed by atoms with Gasteiger partial charge in [0.25, 0.3) is 6.01 Å². The highest BCUT2D eigenvalue weighted by Crippen LogP contribution is 2.35. The molecule has 0 saturated carbocycles. The van der Waals surface area contributed by atoms with Crippen molar-refractivity contribution in [1.82, 2.24) is 15.3 Å². The summed E-state index contributed by atoms with van der Waals surface area (Å²) in [6.45, 7) is 5.22. The standard InChI is InChI=1S/C18H20N4OS/c1-11-2-5-14(17-19-6-7-24-17)16-15(11)21-18(23-16)22-9-12-3-4-13(10-22)20-8-12/h2,5-7,12-13,20H,3-4,8-10H2,1H3. The molecule has 1 N–H and O–H groups in total. The Morgan fingerprint density at radius 1 is 1.29 bits per heavy atom. The topological polar surface area (TPSA) is 54.2 Å². The van der Waals surface area contributed by atoms with Crippen molar-refractivity contribution in [2.24, 2.45) is 5.92 Å². The molecule has 124 valence electrons. The zero-order valence-electron chi connectivity index (χ0n) is 13.7. The number of piperidine rings is 1. The van der Waals surface area contributed by atoms with Crippen LogP contribution in [0.3, 0.4) is 0 Å². The van der Waals surface area contributed by atoms with Gasteiger partial charge in [0.2, 0.25) is 0 Å². The molecule has 2 bridgehead atoms. The van der Waals surface area contributed by atoms with E-state index in [2.05, 4.69) is 34.3 Å². The maximum atomic E-state index is 6.28. The van der Waals surface area contributed by atoms with Gasteiger partial charge in [-0.25, -0.2) is 4.98 Å². The first kappa shape index (κ1) is 14.4. The Morgan fingerprint density at radius 3 is 3.04 bits per heavy atom. The molecule has 1 aromatic carbocycles. The van der Waals surface area contributed by atoms with Crippen molar-refractivity contribution in [2.75, 3.05) is 24.5 Å². The van der Waals surface area contributed by atoms with E-state index in [-0.39, 0.29) is 0 Å². The van der Waals surface area contributed by atoms with Gasteiger partial charge in [-0.15, -0.1) is 11.3 Å². The molecule has 5 heterocycles. The Labute approximate surface area is 144 Å². The van der Waals surface area contributed by atoms with Crippen molar-refractivity contribution in [3.63, 3.8) is 0 Å². The van der Waals surface area contributed by atoms with Crippen LogP contribution in [-0.2, 0) is 0 Å². The van der Waals surface area contributed by atoms with Crippen LogP contribution < -0.4 is 10.2 Å². The Hall–Kier alpha value is -1.92. The highest BCUT2D eigenvalue weighted by Gasteiger charge is 2.31. The van der Waals surface area contributed by atoms with Crippen LogP contribution >= 0.6 is 11.3 Å². The summed E-state index contributed by atoms with van der Waals surface area (Å²) >= 11 is 1.63. The summed E-state index contributed by atoms with van der Waals surface area (Å²) in [7, 11) is 0. The first-order valence-electron chi connectivity index (χ1n) is 8.56. The highest BCUT2D eigenvalue weighted by molar-refractivity contribution is 7.13. The smallest absolute Gasteiger partial charge is 0.298 e. The fourth-order valence-electron chi connectivity index (χ4n) is 3.88. The number of nitrogens with zero attached hydrogens (tertiary/aromatic N) is 3. The van der Waals surface area contributed by atoms with Gasteiger partial charge < -0.3 is 14.6 Å². The quantitative estimate of drug-likeness (QED) is 0.774. The van der Waals surface area contributed by atoms with E-state index in [1.54, 1.807) is 11.3 Å². The van der Waals surface area contributed by atoms with Crippen molar-refractivity contribution in [2.45, 2.75) is 25.8 Å². The van der Waals surface area contributed by atoms with Crippen molar-refractivity contribution >= 4 is 28.5 Å². The number of benzene rings is 1. The van der Waals surface area contributed by atoms with E-state index in [9.17, 15) is 0 Å². The lowest BCUT2D eigenvalue weighted by molar-refractivity contribution is 0.359. The number of thiazole rings is 1. The number of aromatic nitrogens is 2. The molecule has 2 unspecified atom stereocenters. The molecule has 3 saturated heterocycles. The minimum atomic E-state index is 0.554. The van der Waals surface area contributed by atoms with Gasteiger partial charge in [-0.05, 0) is 43.9 Å². The van der Waals surface area contributed by atoms with Crippen LogP contribution in [0.4, 0.5) is 6.01 Å². The second kappa shape index (κ2) is 5.57. The van der Waals surface area contributed by atoms with Crippen LogP contribution in [0, 0.1) is 12.8 Å². The van der Waals surface area contributed by atoms with Gasteiger partial charge in [-0.2, -0.15) is 4.98 Å². The third-order valence-corrected chi connectivity index (χ3v) is 6.01. The van der Waals surface area contributed by atoms with Gasteiger partial charge >= 0.3 is 0 Å². The van der Waals surface area contributed by atoms with Crippen LogP contribution in [-0.4, -0.2) is 35.6 Å². The lowest BCUT2D eigenvalue weighted by Crippen LogP contribution is -2.39. The molecule has 0 spiro atoms. The van der Waals surface area contributed by atoms with E-state index in [0.717, 1.165) is 52.9 Å². The van der Waals surface area contributed by atoms with Crippen LogP contribution in [0.2, 0.25) is 0 Å². The molecule has 0 aliphatic carbocycles. The summed E-state index contributed by atoms with van der Waals surface area (Å²) in [6.07, 6.45) is 4.39. The Morgan fingerprint density at radius 2 is 2.25 bits per heavy atom. The predicted molar refractivity (Wildman–Crippen MR) is 96.6 cm³/mol. The van der Waals surface area contributed by atoms with Gasteiger partial charge in [0, 0.05) is 30.7 Å². The number of nitrogens with one attached hydrogen (secondary N) is 1. The van der Waals surface area contributed by atoms with Crippen molar-refractivity contribution in [1.29, 1.82) is 0 Å². The van der Waals surface area contributed by atoms with E-state index in [4.69, 9.17) is 9.40 Å².